The molecule has 1 aromatic rings. The molecule has 0 aliphatic heterocycles. The molecule has 0 saturated heterocycles. The molecule has 1 aromatic carbocycles. The summed E-state index contributed by atoms with van der Waals surface area (Å²) in [6, 6.07) is 4.86. The topological polar surface area (TPSA) is 78.9 Å². The Morgan fingerprint density at radius 3 is 1.80 bits per heavy atom. The molecular weight excluding hydrogens is 516 g/mol. The molecule has 6 nitrogen and oxygen atoms in total. The molecule has 0 bridgehead atoms. The highest BCUT2D eigenvalue weighted by Crippen LogP contribution is 2.22. The zero-order chi connectivity index (χ0) is 30.1. The first-order chi connectivity index (χ1) is 19.8. The Bertz CT molecular complexity index is 1100. The van der Waals surface area contributed by atoms with Gasteiger partial charge in [-0.05, 0) is 76.5 Å². The Balaban J connectivity index is 2.17. The highest BCUT2D eigenvalue weighted by atomic mass is 16.6. The minimum Gasteiger partial charge on any atom is -0.459 e. The van der Waals surface area contributed by atoms with Gasteiger partial charge in [0.2, 0.25) is 0 Å². The molecule has 0 N–H and O–H groups in total. The van der Waals surface area contributed by atoms with Gasteiger partial charge in [-0.15, -0.1) is 0 Å². The van der Waals surface area contributed by atoms with E-state index in [1.807, 2.05) is 19.1 Å². The van der Waals surface area contributed by atoms with Crippen LogP contribution in [0, 0.1) is 6.92 Å². The van der Waals surface area contributed by atoms with Gasteiger partial charge in [0.25, 0.3) is 0 Å². The zero-order valence-electron chi connectivity index (χ0n) is 25.1. The monoisotopic (exact) mass is 562 g/mol. The van der Waals surface area contributed by atoms with Gasteiger partial charge in [-0.2, -0.15) is 0 Å². The molecule has 1 unspecified atom stereocenters. The smallest absolute Gasteiger partial charge is 0.342 e. The molecule has 0 fully saturated rings. The molecule has 0 radical (unpaired) electrons. The van der Waals surface area contributed by atoms with Gasteiger partial charge in [0, 0.05) is 13.3 Å². The van der Waals surface area contributed by atoms with Crippen LogP contribution in [0.4, 0.5) is 0 Å². The van der Waals surface area contributed by atoms with Crippen LogP contribution in [-0.4, -0.2) is 30.6 Å². The van der Waals surface area contributed by atoms with Crippen molar-refractivity contribution >= 4 is 17.9 Å². The first kappa shape index (κ1) is 35.1. The molecule has 0 aliphatic carbocycles. The van der Waals surface area contributed by atoms with Crippen molar-refractivity contribution in [2.45, 2.75) is 85.2 Å². The van der Waals surface area contributed by atoms with Crippen molar-refractivity contribution in [3.05, 3.63) is 102 Å². The van der Waals surface area contributed by atoms with Gasteiger partial charge in [0.1, 0.15) is 24.0 Å². The summed E-state index contributed by atoms with van der Waals surface area (Å²) in [5.74, 6) is -1.39. The number of hydrogen-bond acceptors (Lipinski definition) is 6. The summed E-state index contributed by atoms with van der Waals surface area (Å²) in [4.78, 5) is 35.8. The van der Waals surface area contributed by atoms with Crippen molar-refractivity contribution in [3.8, 4) is 5.75 Å². The summed E-state index contributed by atoms with van der Waals surface area (Å²) in [5, 5.41) is 0. The largest absolute Gasteiger partial charge is 0.459 e. The van der Waals surface area contributed by atoms with E-state index in [2.05, 4.69) is 67.7 Å². The summed E-state index contributed by atoms with van der Waals surface area (Å²) < 4.78 is 15.7. The lowest BCUT2D eigenvalue weighted by Gasteiger charge is -2.14. The zero-order valence-corrected chi connectivity index (χ0v) is 25.1. The first-order valence-corrected chi connectivity index (χ1v) is 14.4. The lowest BCUT2D eigenvalue weighted by atomic mass is 10.1. The highest BCUT2D eigenvalue weighted by molar-refractivity contribution is 5.93. The maximum atomic E-state index is 12.4. The van der Waals surface area contributed by atoms with E-state index >= 15 is 0 Å². The van der Waals surface area contributed by atoms with Crippen LogP contribution in [0.3, 0.4) is 0 Å². The van der Waals surface area contributed by atoms with Crippen LogP contribution < -0.4 is 4.74 Å². The second-order valence-corrected chi connectivity index (χ2v) is 9.45. The van der Waals surface area contributed by atoms with Crippen LogP contribution in [0.2, 0.25) is 0 Å². The molecule has 0 heterocycles. The number of esters is 3. The van der Waals surface area contributed by atoms with E-state index in [9.17, 15) is 14.4 Å². The molecule has 0 amide bonds. The fourth-order valence-electron chi connectivity index (χ4n) is 3.47. The Morgan fingerprint density at radius 1 is 0.780 bits per heavy atom. The van der Waals surface area contributed by atoms with Crippen molar-refractivity contribution in [1.82, 2.24) is 0 Å². The third kappa shape index (κ3) is 18.9. The second-order valence-electron chi connectivity index (χ2n) is 9.45. The van der Waals surface area contributed by atoms with E-state index in [0.29, 0.717) is 6.42 Å². The molecule has 0 aliphatic rings. The van der Waals surface area contributed by atoms with Gasteiger partial charge < -0.3 is 14.2 Å². The number of ether oxygens (including phenoxy) is 3. The summed E-state index contributed by atoms with van der Waals surface area (Å²) in [7, 11) is 0. The lowest BCUT2D eigenvalue weighted by Crippen LogP contribution is -2.22. The third-order valence-corrected chi connectivity index (χ3v) is 5.50. The van der Waals surface area contributed by atoms with E-state index in [-0.39, 0.29) is 30.3 Å². The molecule has 41 heavy (non-hydrogen) atoms. The van der Waals surface area contributed by atoms with Crippen LogP contribution in [0.1, 0.15) is 88.1 Å². The fraction of sp³-hybridized carbons (Fsp3) is 0.400. The van der Waals surface area contributed by atoms with Crippen LogP contribution in [-0.2, 0) is 19.1 Å². The van der Waals surface area contributed by atoms with Crippen LogP contribution in [0.25, 0.3) is 0 Å². The Hall–Kier alpha value is -3.93. The van der Waals surface area contributed by atoms with Gasteiger partial charge in [0.05, 0.1) is 0 Å². The third-order valence-electron chi connectivity index (χ3n) is 5.50. The van der Waals surface area contributed by atoms with Crippen LogP contribution in [0.5, 0.6) is 5.75 Å². The van der Waals surface area contributed by atoms with Crippen molar-refractivity contribution in [3.63, 3.8) is 0 Å². The predicted octanol–water partition coefficient (Wildman–Crippen LogP) is 8.49. The maximum absolute atomic E-state index is 12.4. The van der Waals surface area contributed by atoms with Gasteiger partial charge in [-0.25, -0.2) is 4.79 Å². The summed E-state index contributed by atoms with van der Waals surface area (Å²) in [5.41, 5.74) is 0.981. The Kier molecular flexibility index (Phi) is 19.6. The number of hydrogen-bond donors (Lipinski definition) is 0. The number of allylic oxidation sites excluding steroid dienone is 12. The van der Waals surface area contributed by atoms with E-state index in [4.69, 9.17) is 14.2 Å². The number of carbonyl (C=O) groups is 3. The van der Waals surface area contributed by atoms with Gasteiger partial charge in [0.15, 0.2) is 0 Å². The minimum atomic E-state index is -0.651. The van der Waals surface area contributed by atoms with Gasteiger partial charge in [-0.3, -0.25) is 9.59 Å². The first-order valence-electron chi connectivity index (χ1n) is 14.4. The predicted molar refractivity (Wildman–Crippen MR) is 166 cm³/mol. The number of carbonyl (C=O) groups excluding carboxylic acids is 3. The van der Waals surface area contributed by atoms with E-state index < -0.39 is 18.0 Å². The molecule has 0 aromatic heterocycles. The van der Waals surface area contributed by atoms with Crippen molar-refractivity contribution in [1.29, 1.82) is 0 Å². The number of aryl methyl sites for hydroxylation is 1. The van der Waals surface area contributed by atoms with Crippen LogP contribution >= 0.6 is 0 Å². The standard InChI is InChI=1S/C35H46O6/c1-5-6-7-8-9-10-11-12-13-14-15-16-17-18-19-20-21-22-23-24-34(37)40-30(3)28-39-35(38)32-26-25-29(2)27-33(32)41-31(4)36/h6-7,9-10,12-13,15-16,18-19,21-22,25-27,30H,5,8,11,14,17,20,23-24,28H2,1-4H3/b7-6-,10-9-,13-12-,16-15-,19-18-,22-21-. The second kappa shape index (κ2) is 22.8. The SMILES string of the molecule is CC/C=C\C/C=C\C/C=C\C/C=C\C/C=C\C/C=C\CCC(=O)OC(C)COC(=O)c1ccc(C)cc1OC(C)=O. The molecule has 6 heteroatoms. The van der Waals surface area contributed by atoms with Crippen LogP contribution in [0.15, 0.2) is 91.1 Å². The van der Waals surface area contributed by atoms with Crippen molar-refractivity contribution < 1.29 is 28.6 Å². The highest BCUT2D eigenvalue weighted by Gasteiger charge is 2.18. The van der Waals surface area contributed by atoms with Gasteiger partial charge >= 0.3 is 17.9 Å². The number of benzene rings is 1. The molecule has 1 rings (SSSR count). The molecule has 0 saturated carbocycles. The maximum Gasteiger partial charge on any atom is 0.342 e. The average molecular weight is 563 g/mol. The molecule has 222 valence electrons. The van der Waals surface area contributed by atoms with E-state index in [1.54, 1.807) is 25.1 Å². The average Bonchev–Trinajstić information content (AvgIpc) is 2.92. The van der Waals surface area contributed by atoms with E-state index in [0.717, 1.165) is 44.1 Å². The Labute approximate surface area is 246 Å². The molecule has 1 atom stereocenters. The molecule has 0 spiro atoms. The lowest BCUT2D eigenvalue weighted by molar-refractivity contribution is -0.150. The fourth-order valence-corrected chi connectivity index (χ4v) is 3.47. The summed E-state index contributed by atoms with van der Waals surface area (Å²) in [6.45, 7) is 6.78. The molecular formula is C35H46O6. The normalized spacial score (nSPS) is 12.9. The minimum absolute atomic E-state index is 0.0993. The summed E-state index contributed by atoms with van der Waals surface area (Å²) >= 11 is 0. The van der Waals surface area contributed by atoms with E-state index in [1.165, 1.54) is 6.92 Å². The summed E-state index contributed by atoms with van der Waals surface area (Å²) in [6.07, 6.45) is 31.6. The van der Waals surface area contributed by atoms with Gasteiger partial charge in [-0.1, -0.05) is 85.9 Å². The number of rotatable bonds is 19. The quantitative estimate of drug-likeness (QED) is 0.0956. The Morgan fingerprint density at radius 2 is 1.29 bits per heavy atom. The van der Waals surface area contributed by atoms with Crippen molar-refractivity contribution in [2.75, 3.05) is 6.61 Å². The van der Waals surface area contributed by atoms with Crippen molar-refractivity contribution in [2.24, 2.45) is 0 Å².